The van der Waals surface area contributed by atoms with E-state index in [2.05, 4.69) is 9.97 Å². The van der Waals surface area contributed by atoms with Crippen LogP contribution in [0.15, 0.2) is 96.2 Å². The largest absolute Gasteiger partial charge is 0.459 e. The molecular weight excluding hydrogens is 402 g/mol. The minimum absolute atomic E-state index is 0.139. The van der Waals surface area contributed by atoms with E-state index in [9.17, 15) is 9.59 Å². The van der Waals surface area contributed by atoms with Crippen molar-refractivity contribution in [3.05, 3.63) is 113 Å². The van der Waals surface area contributed by atoms with Crippen molar-refractivity contribution in [1.82, 2.24) is 14.5 Å². The molecule has 0 bridgehead atoms. The molecule has 0 fully saturated rings. The molecule has 2 heterocycles. The number of H-pyrrole nitrogens is 1. The van der Waals surface area contributed by atoms with Crippen LogP contribution < -0.4 is 5.56 Å². The summed E-state index contributed by atoms with van der Waals surface area (Å²) < 4.78 is 7.02. The molecule has 1 atom stereocenters. The predicted octanol–water partition coefficient (Wildman–Crippen LogP) is 4.41. The van der Waals surface area contributed by atoms with Crippen LogP contribution in [-0.4, -0.2) is 20.5 Å². The highest BCUT2D eigenvalue weighted by molar-refractivity contribution is 5.84. The quantitative estimate of drug-likeness (QED) is 0.411. The Morgan fingerprint density at radius 2 is 1.66 bits per heavy atom. The van der Waals surface area contributed by atoms with Crippen molar-refractivity contribution in [1.29, 1.82) is 0 Å². The molecule has 6 heteroatoms. The van der Waals surface area contributed by atoms with Gasteiger partial charge in [-0.1, -0.05) is 60.7 Å². The van der Waals surface area contributed by atoms with Crippen LogP contribution >= 0.6 is 0 Å². The molecule has 5 rings (SSSR count). The van der Waals surface area contributed by atoms with Gasteiger partial charge in [-0.15, -0.1) is 0 Å². The molecule has 3 aromatic carbocycles. The first-order chi connectivity index (χ1) is 15.7. The topological polar surface area (TPSA) is 77.0 Å². The molecule has 0 radical (unpaired) electrons. The Morgan fingerprint density at radius 3 is 2.50 bits per heavy atom. The minimum Gasteiger partial charge on any atom is -0.459 e. The van der Waals surface area contributed by atoms with E-state index >= 15 is 0 Å². The molecule has 1 N–H and O–H groups in total. The van der Waals surface area contributed by atoms with E-state index in [1.807, 2.05) is 66.9 Å². The number of para-hydroxylation sites is 2. The first-order valence-electron chi connectivity index (χ1n) is 10.4. The number of fused-ring (bicyclic) bond motifs is 2. The van der Waals surface area contributed by atoms with Crippen LogP contribution in [0.4, 0.5) is 0 Å². The molecule has 5 aromatic rings. The second-order valence-corrected chi connectivity index (χ2v) is 7.65. The number of hydrogen-bond acceptors (Lipinski definition) is 4. The van der Waals surface area contributed by atoms with E-state index in [1.165, 1.54) is 10.9 Å². The minimum atomic E-state index is -0.845. The Hall–Kier alpha value is -4.19. The molecule has 0 unspecified atom stereocenters. The van der Waals surface area contributed by atoms with E-state index in [0.29, 0.717) is 17.3 Å². The highest BCUT2D eigenvalue weighted by Crippen LogP contribution is 2.24. The van der Waals surface area contributed by atoms with Gasteiger partial charge in [-0.3, -0.25) is 9.36 Å². The van der Waals surface area contributed by atoms with Gasteiger partial charge < -0.3 is 9.72 Å². The van der Waals surface area contributed by atoms with Gasteiger partial charge in [0.2, 0.25) is 0 Å². The molecule has 0 saturated heterocycles. The third-order valence-electron chi connectivity index (χ3n) is 5.61. The predicted molar refractivity (Wildman–Crippen MR) is 123 cm³/mol. The third kappa shape index (κ3) is 3.78. The van der Waals surface area contributed by atoms with Crippen molar-refractivity contribution in [2.75, 3.05) is 0 Å². The lowest BCUT2D eigenvalue weighted by atomic mass is 10.0. The zero-order valence-electron chi connectivity index (χ0n) is 17.3. The summed E-state index contributed by atoms with van der Waals surface area (Å²) in [6.45, 7) is 0.139. The zero-order valence-corrected chi connectivity index (χ0v) is 17.3. The van der Waals surface area contributed by atoms with Crippen LogP contribution in [0.2, 0.25) is 0 Å². The number of carbonyl (C=O) groups is 1. The second-order valence-electron chi connectivity index (χ2n) is 7.65. The van der Waals surface area contributed by atoms with Gasteiger partial charge in [0.1, 0.15) is 12.6 Å². The van der Waals surface area contributed by atoms with Crippen molar-refractivity contribution in [2.24, 2.45) is 0 Å². The third-order valence-corrected chi connectivity index (χ3v) is 5.61. The molecule has 0 aliphatic carbocycles. The maximum Gasteiger partial charge on any atom is 0.329 e. The van der Waals surface area contributed by atoms with Crippen LogP contribution in [0.1, 0.15) is 17.2 Å². The van der Waals surface area contributed by atoms with E-state index in [0.717, 1.165) is 22.0 Å². The summed E-state index contributed by atoms with van der Waals surface area (Å²) in [7, 11) is 0. The Balaban J connectivity index is 1.53. The van der Waals surface area contributed by atoms with E-state index < -0.39 is 12.0 Å². The number of rotatable bonds is 6. The summed E-state index contributed by atoms with van der Waals surface area (Å²) in [5.74, 6) is -0.474. The zero-order chi connectivity index (χ0) is 21.9. The van der Waals surface area contributed by atoms with Crippen molar-refractivity contribution >= 4 is 27.8 Å². The van der Waals surface area contributed by atoms with Crippen LogP contribution in [0, 0.1) is 0 Å². The Morgan fingerprint density at radius 1 is 0.938 bits per heavy atom. The van der Waals surface area contributed by atoms with Gasteiger partial charge in [-0.25, -0.2) is 9.78 Å². The summed E-state index contributed by atoms with van der Waals surface area (Å²) in [6, 6.07) is 23.6. The second kappa shape index (κ2) is 8.51. The fourth-order valence-electron chi connectivity index (χ4n) is 3.93. The number of aromatic nitrogens is 3. The molecule has 158 valence electrons. The molecule has 2 aromatic heterocycles. The Kier molecular flexibility index (Phi) is 5.25. The number of benzene rings is 3. The van der Waals surface area contributed by atoms with Gasteiger partial charge in [0, 0.05) is 23.5 Å². The fourth-order valence-corrected chi connectivity index (χ4v) is 3.93. The maximum atomic E-state index is 13.2. The summed E-state index contributed by atoms with van der Waals surface area (Å²) in [5.41, 5.74) is 3.12. The SMILES string of the molecule is O=C(OCc1ccccc1)[C@H](Cc1c[nH]c2ccccc12)n1cnc2ccccc2c1=O. The lowest BCUT2D eigenvalue weighted by Crippen LogP contribution is -2.32. The standard InChI is InChI=1S/C26H21N3O3/c30-25-21-11-5-7-13-23(21)28-17-29(25)24(26(31)32-16-18-8-2-1-3-9-18)14-19-15-27-22-12-6-4-10-20(19)22/h1-13,15,17,24,27H,14,16H2/t24-/m0/s1. The van der Waals surface area contributed by atoms with Crippen LogP contribution in [0.5, 0.6) is 0 Å². The summed E-state index contributed by atoms with van der Waals surface area (Å²) >= 11 is 0. The fraction of sp³-hybridized carbons (Fsp3) is 0.115. The molecule has 0 spiro atoms. The van der Waals surface area contributed by atoms with Gasteiger partial charge in [0.25, 0.3) is 5.56 Å². The van der Waals surface area contributed by atoms with E-state index in [4.69, 9.17) is 4.74 Å². The number of aromatic amines is 1. The maximum absolute atomic E-state index is 13.2. The van der Waals surface area contributed by atoms with Gasteiger partial charge in [0.05, 0.1) is 17.2 Å². The van der Waals surface area contributed by atoms with E-state index in [-0.39, 0.29) is 12.2 Å². The molecule has 0 saturated carbocycles. The summed E-state index contributed by atoms with van der Waals surface area (Å²) in [4.78, 5) is 34.1. The lowest BCUT2D eigenvalue weighted by Gasteiger charge is -2.19. The molecule has 6 nitrogen and oxygen atoms in total. The number of nitrogens with one attached hydrogen (secondary N) is 1. The Labute approximate surface area is 184 Å². The number of nitrogens with zero attached hydrogens (tertiary/aromatic N) is 2. The summed E-state index contributed by atoms with van der Waals surface area (Å²) in [6.07, 6.45) is 3.62. The number of esters is 1. The van der Waals surface area contributed by atoms with Crippen LogP contribution in [-0.2, 0) is 22.6 Å². The number of hydrogen-bond donors (Lipinski definition) is 1. The first-order valence-corrected chi connectivity index (χ1v) is 10.4. The molecule has 0 aliphatic heterocycles. The molecule has 32 heavy (non-hydrogen) atoms. The van der Waals surface area contributed by atoms with Crippen molar-refractivity contribution in [3.63, 3.8) is 0 Å². The lowest BCUT2D eigenvalue weighted by molar-refractivity contribution is -0.149. The van der Waals surface area contributed by atoms with Crippen molar-refractivity contribution < 1.29 is 9.53 Å². The van der Waals surface area contributed by atoms with Crippen molar-refractivity contribution in [2.45, 2.75) is 19.1 Å². The van der Waals surface area contributed by atoms with Gasteiger partial charge in [-0.2, -0.15) is 0 Å². The average molecular weight is 423 g/mol. The monoisotopic (exact) mass is 423 g/mol. The van der Waals surface area contributed by atoms with Gasteiger partial charge >= 0.3 is 5.97 Å². The number of carbonyl (C=O) groups excluding carboxylic acids is 1. The van der Waals surface area contributed by atoms with Crippen LogP contribution in [0.3, 0.4) is 0 Å². The van der Waals surface area contributed by atoms with Gasteiger partial charge in [-0.05, 0) is 29.3 Å². The van der Waals surface area contributed by atoms with Gasteiger partial charge in [0.15, 0.2) is 0 Å². The molecule has 0 amide bonds. The molecular formula is C26H21N3O3. The Bertz CT molecular complexity index is 1450. The molecule has 0 aliphatic rings. The van der Waals surface area contributed by atoms with E-state index in [1.54, 1.807) is 18.2 Å². The highest BCUT2D eigenvalue weighted by Gasteiger charge is 2.26. The van der Waals surface area contributed by atoms with Crippen LogP contribution in [0.25, 0.3) is 21.8 Å². The summed E-state index contributed by atoms with van der Waals surface area (Å²) in [5, 5.41) is 1.48. The average Bonchev–Trinajstić information content (AvgIpc) is 3.25. The normalized spacial score (nSPS) is 12.1. The smallest absolute Gasteiger partial charge is 0.329 e. The number of ether oxygens (including phenoxy) is 1. The van der Waals surface area contributed by atoms with Crippen molar-refractivity contribution in [3.8, 4) is 0 Å². The first kappa shape index (κ1) is 19.8. The highest BCUT2D eigenvalue weighted by atomic mass is 16.5.